The van der Waals surface area contributed by atoms with Crippen molar-refractivity contribution in [2.75, 3.05) is 19.6 Å². The molecule has 0 bridgehead atoms. The molecule has 0 atom stereocenters. The van der Waals surface area contributed by atoms with Gasteiger partial charge in [-0.1, -0.05) is 6.92 Å². The fourth-order valence-corrected chi connectivity index (χ4v) is 4.43. The standard InChI is InChI=1S/C14H19F3N2O2S.ClH/c1-2-7-19(10-3-5-18-6-4-10)22(20,21)11-8-12(15)14(17)13(16)9-11;/h8-10,18H,2-7H2,1H3;1H. The minimum Gasteiger partial charge on any atom is -0.317 e. The van der Waals surface area contributed by atoms with Crippen LogP contribution in [0.2, 0.25) is 0 Å². The van der Waals surface area contributed by atoms with E-state index in [2.05, 4.69) is 5.32 Å². The van der Waals surface area contributed by atoms with E-state index in [4.69, 9.17) is 0 Å². The van der Waals surface area contributed by atoms with Crippen molar-refractivity contribution in [1.82, 2.24) is 9.62 Å². The van der Waals surface area contributed by atoms with Gasteiger partial charge in [-0.15, -0.1) is 12.4 Å². The Labute approximate surface area is 140 Å². The molecule has 9 heteroatoms. The minimum absolute atomic E-state index is 0. The van der Waals surface area contributed by atoms with Crippen LogP contribution < -0.4 is 5.32 Å². The Balaban J connectivity index is 0.00000264. The summed E-state index contributed by atoms with van der Waals surface area (Å²) in [5.41, 5.74) is 0. The number of halogens is 4. The Morgan fingerprint density at radius 2 is 1.70 bits per heavy atom. The van der Waals surface area contributed by atoms with E-state index in [1.165, 1.54) is 4.31 Å². The molecule has 1 N–H and O–H groups in total. The maximum absolute atomic E-state index is 13.4. The Morgan fingerprint density at radius 1 is 1.17 bits per heavy atom. The summed E-state index contributed by atoms with van der Waals surface area (Å²) in [4.78, 5) is -0.545. The monoisotopic (exact) mass is 372 g/mol. The molecule has 0 spiro atoms. The van der Waals surface area contributed by atoms with Crippen LogP contribution in [0.25, 0.3) is 0 Å². The third-order valence-electron chi connectivity index (χ3n) is 3.72. The quantitative estimate of drug-likeness (QED) is 0.808. The van der Waals surface area contributed by atoms with Gasteiger partial charge in [0.05, 0.1) is 4.90 Å². The number of benzene rings is 1. The third kappa shape index (κ3) is 4.37. The van der Waals surface area contributed by atoms with Gasteiger partial charge in [0, 0.05) is 12.6 Å². The van der Waals surface area contributed by atoms with Gasteiger partial charge in [0.15, 0.2) is 17.5 Å². The molecule has 1 aliphatic heterocycles. The third-order valence-corrected chi connectivity index (χ3v) is 5.65. The van der Waals surface area contributed by atoms with Gasteiger partial charge in [0.25, 0.3) is 0 Å². The Bertz CT molecular complexity index is 614. The summed E-state index contributed by atoms with van der Waals surface area (Å²) in [6.07, 6.45) is 1.84. The summed E-state index contributed by atoms with van der Waals surface area (Å²) in [7, 11) is -4.07. The molecule has 1 aromatic rings. The van der Waals surface area contributed by atoms with Crippen molar-refractivity contribution in [3.05, 3.63) is 29.6 Å². The highest BCUT2D eigenvalue weighted by molar-refractivity contribution is 7.89. The van der Waals surface area contributed by atoms with E-state index in [1.54, 1.807) is 0 Å². The largest absolute Gasteiger partial charge is 0.317 e. The topological polar surface area (TPSA) is 49.4 Å². The van der Waals surface area contributed by atoms with Gasteiger partial charge in [-0.2, -0.15) is 4.31 Å². The number of sulfonamides is 1. The van der Waals surface area contributed by atoms with Crippen molar-refractivity contribution < 1.29 is 21.6 Å². The molecular formula is C14H20ClF3N2O2S. The van der Waals surface area contributed by atoms with Crippen molar-refractivity contribution in [3.8, 4) is 0 Å². The molecule has 1 saturated heterocycles. The molecule has 1 heterocycles. The highest BCUT2D eigenvalue weighted by Crippen LogP contribution is 2.25. The summed E-state index contributed by atoms with van der Waals surface area (Å²) in [6.45, 7) is 3.46. The van der Waals surface area contributed by atoms with Crippen LogP contribution >= 0.6 is 12.4 Å². The number of hydrogen-bond donors (Lipinski definition) is 1. The van der Waals surface area contributed by atoms with E-state index in [0.717, 1.165) is 0 Å². The van der Waals surface area contributed by atoms with Gasteiger partial charge in [-0.3, -0.25) is 0 Å². The predicted octanol–water partition coefficient (Wildman–Crippen LogP) is 2.68. The van der Waals surface area contributed by atoms with Crippen LogP contribution in [0.1, 0.15) is 26.2 Å². The molecule has 0 amide bonds. The summed E-state index contributed by atoms with van der Waals surface area (Å²) in [5.74, 6) is -4.66. The van der Waals surface area contributed by atoms with Gasteiger partial charge in [-0.25, -0.2) is 21.6 Å². The Hall–Kier alpha value is -0.830. The summed E-state index contributed by atoms with van der Waals surface area (Å²) in [6, 6.07) is 0.858. The van der Waals surface area contributed by atoms with E-state index in [9.17, 15) is 21.6 Å². The normalized spacial score (nSPS) is 16.4. The Morgan fingerprint density at radius 3 is 2.17 bits per heavy atom. The predicted molar refractivity (Wildman–Crippen MR) is 83.6 cm³/mol. The molecule has 0 radical (unpaired) electrons. The van der Waals surface area contributed by atoms with E-state index in [-0.39, 0.29) is 25.0 Å². The lowest BCUT2D eigenvalue weighted by Gasteiger charge is -2.33. The smallest absolute Gasteiger partial charge is 0.243 e. The molecule has 1 aromatic carbocycles. The van der Waals surface area contributed by atoms with Crippen molar-refractivity contribution in [3.63, 3.8) is 0 Å². The second-order valence-corrected chi connectivity index (χ2v) is 7.19. The number of nitrogens with one attached hydrogen (secondary N) is 1. The first-order chi connectivity index (χ1) is 10.4. The molecule has 0 saturated carbocycles. The van der Waals surface area contributed by atoms with E-state index in [1.807, 2.05) is 6.92 Å². The molecule has 0 unspecified atom stereocenters. The van der Waals surface area contributed by atoms with Gasteiger partial charge in [0.2, 0.25) is 10.0 Å². The van der Waals surface area contributed by atoms with Gasteiger partial charge in [-0.05, 0) is 44.5 Å². The van der Waals surface area contributed by atoms with E-state index in [0.29, 0.717) is 44.5 Å². The van der Waals surface area contributed by atoms with Crippen LogP contribution in [0.4, 0.5) is 13.2 Å². The lowest BCUT2D eigenvalue weighted by atomic mass is 10.1. The fraction of sp³-hybridized carbons (Fsp3) is 0.571. The van der Waals surface area contributed by atoms with Gasteiger partial charge >= 0.3 is 0 Å². The molecule has 132 valence electrons. The Kier molecular flexibility index (Phi) is 7.31. The second kappa shape index (κ2) is 8.32. The van der Waals surface area contributed by atoms with Crippen molar-refractivity contribution in [2.24, 2.45) is 0 Å². The van der Waals surface area contributed by atoms with Crippen molar-refractivity contribution >= 4 is 22.4 Å². The van der Waals surface area contributed by atoms with Gasteiger partial charge in [0.1, 0.15) is 0 Å². The average molecular weight is 373 g/mol. The average Bonchev–Trinajstić information content (AvgIpc) is 2.50. The highest BCUT2D eigenvalue weighted by atomic mass is 35.5. The fourth-order valence-electron chi connectivity index (χ4n) is 2.63. The molecule has 4 nitrogen and oxygen atoms in total. The number of nitrogens with zero attached hydrogens (tertiary/aromatic N) is 1. The van der Waals surface area contributed by atoms with E-state index >= 15 is 0 Å². The SMILES string of the molecule is CCCN(C1CCNCC1)S(=O)(=O)c1cc(F)c(F)c(F)c1.Cl. The minimum atomic E-state index is -4.07. The molecule has 23 heavy (non-hydrogen) atoms. The lowest BCUT2D eigenvalue weighted by Crippen LogP contribution is -2.46. The van der Waals surface area contributed by atoms with Gasteiger partial charge < -0.3 is 5.32 Å². The molecule has 1 fully saturated rings. The van der Waals surface area contributed by atoms with Crippen molar-refractivity contribution in [2.45, 2.75) is 37.1 Å². The van der Waals surface area contributed by atoms with Crippen LogP contribution in [0.3, 0.4) is 0 Å². The number of piperidine rings is 1. The number of rotatable bonds is 5. The van der Waals surface area contributed by atoms with Crippen LogP contribution in [0, 0.1) is 17.5 Å². The first-order valence-corrected chi connectivity index (χ1v) is 8.69. The van der Waals surface area contributed by atoms with Crippen LogP contribution in [0.15, 0.2) is 17.0 Å². The van der Waals surface area contributed by atoms with Crippen LogP contribution in [-0.4, -0.2) is 38.4 Å². The number of hydrogen-bond acceptors (Lipinski definition) is 3. The molecule has 0 aliphatic carbocycles. The summed E-state index contributed by atoms with van der Waals surface area (Å²) in [5, 5.41) is 3.14. The first kappa shape index (κ1) is 20.2. The highest BCUT2D eigenvalue weighted by Gasteiger charge is 2.32. The molecule has 2 rings (SSSR count). The molecule has 0 aromatic heterocycles. The molecular weight excluding hydrogens is 353 g/mol. The van der Waals surface area contributed by atoms with Crippen LogP contribution in [0.5, 0.6) is 0 Å². The zero-order valence-electron chi connectivity index (χ0n) is 12.7. The first-order valence-electron chi connectivity index (χ1n) is 7.25. The zero-order valence-corrected chi connectivity index (χ0v) is 14.3. The summed E-state index contributed by atoms with van der Waals surface area (Å²) >= 11 is 0. The maximum atomic E-state index is 13.4. The zero-order chi connectivity index (χ0) is 16.3. The van der Waals surface area contributed by atoms with E-state index < -0.39 is 32.4 Å². The molecule has 1 aliphatic rings. The van der Waals surface area contributed by atoms with Crippen molar-refractivity contribution in [1.29, 1.82) is 0 Å². The lowest BCUT2D eigenvalue weighted by molar-refractivity contribution is 0.262. The maximum Gasteiger partial charge on any atom is 0.243 e. The second-order valence-electron chi connectivity index (χ2n) is 5.30. The summed E-state index contributed by atoms with van der Waals surface area (Å²) < 4.78 is 66.4. The van der Waals surface area contributed by atoms with Crippen LogP contribution in [-0.2, 0) is 10.0 Å².